The molecule has 0 fully saturated rings. The molecule has 0 N–H and O–H groups in total. The summed E-state index contributed by atoms with van der Waals surface area (Å²) in [6, 6.07) is 11.7. The third kappa shape index (κ3) is 13.0. The predicted molar refractivity (Wildman–Crippen MR) is 212 cm³/mol. The van der Waals surface area contributed by atoms with Crippen LogP contribution in [-0.2, 0) is 25.4 Å². The summed E-state index contributed by atoms with van der Waals surface area (Å²) in [6.07, 6.45) is 9.56. The number of ether oxygens (including phenoxy) is 4. The molecule has 0 saturated heterocycles. The first kappa shape index (κ1) is 42.1. The third-order valence-corrected chi connectivity index (χ3v) is 9.90. The zero-order valence-electron chi connectivity index (χ0n) is 33.2. The maximum absolute atomic E-state index is 13.8. The van der Waals surface area contributed by atoms with Gasteiger partial charge in [0.15, 0.2) is 5.78 Å². The van der Waals surface area contributed by atoms with Crippen LogP contribution in [0.25, 0.3) is 11.0 Å². The minimum atomic E-state index is -0.00385. The van der Waals surface area contributed by atoms with Crippen LogP contribution in [-0.4, -0.2) is 108 Å². The van der Waals surface area contributed by atoms with Gasteiger partial charge >= 0.3 is 0 Å². The number of fused-ring (bicyclic) bond motifs is 1. The Morgan fingerprint density at radius 3 is 2.21 bits per heavy atom. The Balaban J connectivity index is 1.08. The fourth-order valence-electron chi connectivity index (χ4n) is 6.67. The van der Waals surface area contributed by atoms with Crippen LogP contribution in [0.15, 0.2) is 64.1 Å². The Morgan fingerprint density at radius 2 is 1.55 bits per heavy atom. The van der Waals surface area contributed by atoms with Gasteiger partial charge in [0.25, 0.3) is 0 Å². The predicted octanol–water partition coefficient (Wildman–Crippen LogP) is 7.79. The molecule has 0 amide bonds. The van der Waals surface area contributed by atoms with Crippen molar-refractivity contribution in [2.75, 3.05) is 79.9 Å². The minimum absolute atomic E-state index is 0.00385. The van der Waals surface area contributed by atoms with Crippen LogP contribution in [0.5, 0.6) is 5.75 Å². The highest BCUT2D eigenvalue weighted by Gasteiger charge is 2.23. The number of ketones is 1. The molecule has 290 valence electrons. The number of furan rings is 1. The number of carbonyl (C=O) groups excluding carboxylic acids is 2. The molecular formula is C44H62N2O7. The summed E-state index contributed by atoms with van der Waals surface area (Å²) < 4.78 is 30.2. The average molecular weight is 731 g/mol. The molecule has 0 bridgehead atoms. The van der Waals surface area contributed by atoms with Gasteiger partial charge in [-0.2, -0.15) is 0 Å². The number of allylic oxidation sites excluding steroid dienone is 3. The van der Waals surface area contributed by atoms with Crippen molar-refractivity contribution in [1.82, 2.24) is 9.80 Å². The maximum atomic E-state index is 13.8. The second-order valence-electron chi connectivity index (χ2n) is 14.5. The molecule has 9 nitrogen and oxygen atoms in total. The number of unbranched alkanes of at least 4 members (excludes halogenated alkanes) is 1. The van der Waals surface area contributed by atoms with Crippen LogP contribution < -0.4 is 4.74 Å². The lowest BCUT2D eigenvalue weighted by Gasteiger charge is -2.25. The van der Waals surface area contributed by atoms with E-state index in [2.05, 4.69) is 56.8 Å². The van der Waals surface area contributed by atoms with E-state index < -0.39 is 0 Å². The van der Waals surface area contributed by atoms with Crippen LogP contribution in [0.3, 0.4) is 0 Å². The summed E-state index contributed by atoms with van der Waals surface area (Å²) in [6.45, 7) is 17.2. The average Bonchev–Trinajstić information content (AvgIpc) is 3.51. The molecule has 2 atom stereocenters. The summed E-state index contributed by atoms with van der Waals surface area (Å²) in [7, 11) is 4.14. The number of benzene rings is 2. The molecule has 1 aliphatic carbocycles. The highest BCUT2D eigenvalue weighted by Crippen LogP contribution is 2.32. The lowest BCUT2D eigenvalue weighted by Crippen LogP contribution is -2.30. The van der Waals surface area contributed by atoms with E-state index in [0.29, 0.717) is 63.1 Å². The maximum Gasteiger partial charge on any atom is 0.197 e. The Bertz CT molecular complexity index is 1650. The van der Waals surface area contributed by atoms with Crippen molar-refractivity contribution in [2.24, 2.45) is 5.92 Å². The van der Waals surface area contributed by atoms with Gasteiger partial charge in [-0.3, -0.25) is 9.59 Å². The number of para-hydroxylation sites is 1. The Morgan fingerprint density at radius 1 is 0.906 bits per heavy atom. The van der Waals surface area contributed by atoms with Gasteiger partial charge in [-0.15, -0.1) is 0 Å². The molecule has 1 aliphatic rings. The smallest absolute Gasteiger partial charge is 0.197 e. The normalized spacial score (nSPS) is 18.4. The molecule has 0 aliphatic heterocycles. The fourth-order valence-corrected chi connectivity index (χ4v) is 6.67. The van der Waals surface area contributed by atoms with Crippen molar-refractivity contribution in [3.63, 3.8) is 0 Å². The summed E-state index contributed by atoms with van der Waals surface area (Å²) in [5.41, 5.74) is 6.05. The van der Waals surface area contributed by atoms with Crippen LogP contribution in [0, 0.1) is 19.8 Å². The molecule has 3 aromatic rings. The number of likely N-dealkylation sites (N-methyl/N-ethyl adjacent to an activating group) is 2. The van der Waals surface area contributed by atoms with Crippen molar-refractivity contribution >= 4 is 23.0 Å². The number of aldehydes is 1. The Kier molecular flexibility index (Phi) is 17.4. The Hall–Kier alpha value is -3.60. The number of hydrogen-bond donors (Lipinski definition) is 0. The van der Waals surface area contributed by atoms with Gasteiger partial charge in [-0.05, 0) is 101 Å². The Labute approximate surface area is 317 Å². The summed E-state index contributed by atoms with van der Waals surface area (Å²) in [5, 5.41) is 0.874. The van der Waals surface area contributed by atoms with Crippen LogP contribution in [0.4, 0.5) is 0 Å². The van der Waals surface area contributed by atoms with Crippen LogP contribution in [0.2, 0.25) is 0 Å². The molecular weight excluding hydrogens is 668 g/mol. The van der Waals surface area contributed by atoms with E-state index in [4.69, 9.17) is 23.4 Å². The molecule has 0 saturated carbocycles. The van der Waals surface area contributed by atoms with Crippen molar-refractivity contribution < 1.29 is 33.0 Å². The van der Waals surface area contributed by atoms with E-state index in [0.717, 1.165) is 97.3 Å². The largest absolute Gasteiger partial charge is 0.492 e. The molecule has 4 rings (SSSR count). The van der Waals surface area contributed by atoms with Gasteiger partial charge in [0.1, 0.15) is 30.0 Å². The first-order valence-electron chi connectivity index (χ1n) is 19.4. The highest BCUT2D eigenvalue weighted by molar-refractivity contribution is 6.17. The summed E-state index contributed by atoms with van der Waals surface area (Å²) >= 11 is 0. The van der Waals surface area contributed by atoms with E-state index in [1.807, 2.05) is 50.2 Å². The van der Waals surface area contributed by atoms with Gasteiger partial charge < -0.3 is 33.2 Å². The van der Waals surface area contributed by atoms with Gasteiger partial charge in [-0.1, -0.05) is 50.6 Å². The number of rotatable bonds is 23. The molecule has 53 heavy (non-hydrogen) atoms. The molecule has 9 heteroatoms. The third-order valence-electron chi connectivity index (χ3n) is 9.90. The lowest BCUT2D eigenvalue weighted by molar-refractivity contribution is -0.105. The van der Waals surface area contributed by atoms with Crippen molar-refractivity contribution in [1.29, 1.82) is 0 Å². The van der Waals surface area contributed by atoms with Crippen LogP contribution in [0.1, 0.15) is 79.3 Å². The fraction of sp³-hybridized carbons (Fsp3) is 0.545. The zero-order valence-corrected chi connectivity index (χ0v) is 33.2. The standard InChI is InChI=1S/C44H62N2O7/c1-8-9-13-40-42(38-12-10-11-14-39(38)53-40)43(48)37-29-34(4)44(35(5)30-37)52-24-20-46(7)18-22-50-26-25-49-21-17-45(6)19-23-51-41-28-32(2)27-36(31-47)16-15-33(41)3/h10-12,14-15,27,29-32,41H,8-9,13,16-26,28H2,1-7H3/b33-15-,36-27+. The molecule has 0 spiro atoms. The topological polar surface area (TPSA) is 90.7 Å². The summed E-state index contributed by atoms with van der Waals surface area (Å²) in [4.78, 5) is 29.5. The summed E-state index contributed by atoms with van der Waals surface area (Å²) in [5.74, 6) is 1.91. The molecule has 1 heterocycles. The quantitative estimate of drug-likeness (QED) is 0.0420. The van der Waals surface area contributed by atoms with Crippen LogP contribution >= 0.6 is 0 Å². The molecule has 2 aromatic carbocycles. The number of hydrogen-bond acceptors (Lipinski definition) is 9. The van der Waals surface area contributed by atoms with E-state index >= 15 is 0 Å². The van der Waals surface area contributed by atoms with E-state index in [-0.39, 0.29) is 11.9 Å². The van der Waals surface area contributed by atoms with Crippen molar-refractivity contribution in [3.05, 3.63) is 87.7 Å². The molecule has 1 aromatic heterocycles. The lowest BCUT2D eigenvalue weighted by atomic mass is 9.92. The van der Waals surface area contributed by atoms with E-state index in [9.17, 15) is 9.59 Å². The second kappa shape index (κ2) is 21.9. The van der Waals surface area contributed by atoms with Crippen molar-refractivity contribution in [3.8, 4) is 5.75 Å². The first-order chi connectivity index (χ1) is 25.6. The number of carbonyl (C=O) groups is 2. The molecule has 2 unspecified atom stereocenters. The second-order valence-corrected chi connectivity index (χ2v) is 14.5. The van der Waals surface area contributed by atoms with Gasteiger partial charge in [0, 0.05) is 43.5 Å². The first-order valence-corrected chi connectivity index (χ1v) is 19.4. The SMILES string of the molecule is CCCCc1oc2ccccc2c1C(=O)c1cc(C)c(OCCN(C)CCOCCOCCN(C)CCOC2CC(C)/C=C(/C=O)C/C=C\2C)c(C)c1. The number of nitrogens with zero attached hydrogens (tertiary/aromatic N) is 2. The van der Waals surface area contributed by atoms with Gasteiger partial charge in [-0.25, -0.2) is 0 Å². The van der Waals surface area contributed by atoms with Gasteiger partial charge in [0.2, 0.25) is 0 Å². The molecule has 0 radical (unpaired) electrons. The minimum Gasteiger partial charge on any atom is -0.492 e. The number of aryl methyl sites for hydroxylation is 3. The van der Waals surface area contributed by atoms with E-state index in [1.165, 1.54) is 5.57 Å². The van der Waals surface area contributed by atoms with Crippen molar-refractivity contribution in [2.45, 2.75) is 72.8 Å². The van der Waals surface area contributed by atoms with E-state index in [1.54, 1.807) is 0 Å². The highest BCUT2D eigenvalue weighted by atomic mass is 16.5. The monoisotopic (exact) mass is 730 g/mol. The van der Waals surface area contributed by atoms with Gasteiger partial charge in [0.05, 0.1) is 44.7 Å². The zero-order chi connectivity index (χ0) is 38.2.